The summed E-state index contributed by atoms with van der Waals surface area (Å²) >= 11 is 0. The van der Waals surface area contributed by atoms with Crippen molar-refractivity contribution in [2.24, 2.45) is 5.41 Å². The monoisotopic (exact) mass is 303 g/mol. The van der Waals surface area contributed by atoms with E-state index in [1.165, 1.54) is 4.90 Å². The van der Waals surface area contributed by atoms with E-state index in [4.69, 9.17) is 0 Å². The fourth-order valence-corrected chi connectivity index (χ4v) is 2.58. The van der Waals surface area contributed by atoms with Crippen LogP contribution in [-0.4, -0.2) is 34.1 Å². The van der Waals surface area contributed by atoms with E-state index < -0.39 is 23.3 Å². The smallest absolute Gasteiger partial charge is 0.433 e. The first-order valence-corrected chi connectivity index (χ1v) is 6.67. The van der Waals surface area contributed by atoms with Crippen LogP contribution in [0.1, 0.15) is 31.9 Å². The molecule has 0 aromatic carbocycles. The molecule has 1 N–H and O–H groups in total. The number of aromatic nitrogens is 2. The first-order chi connectivity index (χ1) is 9.78. The minimum absolute atomic E-state index is 0.0661. The number of hydrogen-bond donors (Lipinski definition) is 1. The predicted octanol–water partition coefficient (Wildman–Crippen LogP) is 2.58. The Balaban J connectivity index is 2.28. The van der Waals surface area contributed by atoms with Crippen LogP contribution in [0.5, 0.6) is 0 Å². The molecule has 0 bridgehead atoms. The number of nitrogens with zero attached hydrogens (tertiary/aromatic N) is 3. The van der Waals surface area contributed by atoms with E-state index in [9.17, 15) is 23.1 Å². The van der Waals surface area contributed by atoms with Gasteiger partial charge in [0.1, 0.15) is 5.69 Å². The molecule has 1 aromatic rings. The van der Waals surface area contributed by atoms with Gasteiger partial charge in [-0.15, -0.1) is 0 Å². The molecule has 1 fully saturated rings. The van der Waals surface area contributed by atoms with E-state index in [1.807, 2.05) is 0 Å². The van der Waals surface area contributed by atoms with Gasteiger partial charge in [-0.2, -0.15) is 13.2 Å². The van der Waals surface area contributed by atoms with E-state index in [0.29, 0.717) is 25.8 Å². The Kier molecular flexibility index (Phi) is 4.06. The second kappa shape index (κ2) is 5.50. The lowest BCUT2D eigenvalue weighted by molar-refractivity contribution is -0.150. The molecule has 21 heavy (non-hydrogen) atoms. The van der Waals surface area contributed by atoms with Gasteiger partial charge >= 0.3 is 12.1 Å². The lowest BCUT2D eigenvalue weighted by Crippen LogP contribution is -2.48. The van der Waals surface area contributed by atoms with Gasteiger partial charge in [-0.3, -0.25) is 4.79 Å². The molecule has 8 heteroatoms. The Hall–Kier alpha value is -1.86. The minimum Gasteiger partial charge on any atom is -0.481 e. The Bertz CT molecular complexity index is 536. The normalized spacial score (nSPS) is 23.1. The van der Waals surface area contributed by atoms with Gasteiger partial charge in [0.2, 0.25) is 5.95 Å². The van der Waals surface area contributed by atoms with Crippen molar-refractivity contribution < 1.29 is 23.1 Å². The number of piperidine rings is 1. The summed E-state index contributed by atoms with van der Waals surface area (Å²) < 4.78 is 38.0. The molecule has 0 aliphatic carbocycles. The number of halogens is 3. The number of carbonyl (C=O) groups is 1. The molecule has 1 atom stereocenters. The van der Waals surface area contributed by atoms with E-state index >= 15 is 0 Å². The maximum absolute atomic E-state index is 12.7. The van der Waals surface area contributed by atoms with Crippen LogP contribution < -0.4 is 4.90 Å². The maximum Gasteiger partial charge on any atom is 0.433 e. The van der Waals surface area contributed by atoms with E-state index in [0.717, 1.165) is 12.3 Å². The molecule has 0 saturated carbocycles. The van der Waals surface area contributed by atoms with E-state index in [2.05, 4.69) is 9.97 Å². The summed E-state index contributed by atoms with van der Waals surface area (Å²) in [5.41, 5.74) is -1.97. The zero-order chi connectivity index (χ0) is 15.7. The Morgan fingerprint density at radius 3 is 2.81 bits per heavy atom. The van der Waals surface area contributed by atoms with Crippen molar-refractivity contribution in [3.8, 4) is 0 Å². The van der Waals surface area contributed by atoms with Crippen molar-refractivity contribution in [2.75, 3.05) is 18.0 Å². The summed E-state index contributed by atoms with van der Waals surface area (Å²) in [7, 11) is 0. The SMILES string of the molecule is CCC1(C(=O)O)CCCN(c2nccc(C(F)(F)F)n2)C1. The molecular formula is C13H16F3N3O2. The van der Waals surface area contributed by atoms with Crippen LogP contribution in [-0.2, 0) is 11.0 Å². The molecule has 1 saturated heterocycles. The van der Waals surface area contributed by atoms with Gasteiger partial charge in [0.05, 0.1) is 5.41 Å². The second-order valence-electron chi connectivity index (χ2n) is 5.20. The third kappa shape index (κ3) is 3.08. The number of carboxylic acid groups (broad SMARTS) is 1. The standard InChI is InChI=1S/C13H16F3N3O2/c1-2-12(10(20)21)5-3-7-19(8-12)11-17-6-4-9(18-11)13(14,15)16/h4,6H,2-3,5,7-8H2,1H3,(H,20,21). The van der Waals surface area contributed by atoms with Gasteiger partial charge in [-0.25, -0.2) is 9.97 Å². The van der Waals surface area contributed by atoms with Gasteiger partial charge in [-0.05, 0) is 25.3 Å². The van der Waals surface area contributed by atoms with Crippen molar-refractivity contribution in [1.29, 1.82) is 0 Å². The summed E-state index contributed by atoms with van der Waals surface area (Å²) in [5.74, 6) is -0.995. The van der Waals surface area contributed by atoms with Crippen LogP contribution in [0.4, 0.5) is 19.1 Å². The van der Waals surface area contributed by atoms with Crippen LogP contribution in [0.3, 0.4) is 0 Å². The zero-order valence-electron chi connectivity index (χ0n) is 11.5. The first-order valence-electron chi connectivity index (χ1n) is 6.67. The van der Waals surface area contributed by atoms with Crippen LogP contribution in [0.15, 0.2) is 12.3 Å². The number of hydrogen-bond acceptors (Lipinski definition) is 4. The number of carboxylic acids is 1. The quantitative estimate of drug-likeness (QED) is 0.929. The Morgan fingerprint density at radius 1 is 1.52 bits per heavy atom. The van der Waals surface area contributed by atoms with Gasteiger partial charge in [0, 0.05) is 19.3 Å². The average Bonchev–Trinajstić information content (AvgIpc) is 2.46. The highest BCUT2D eigenvalue weighted by atomic mass is 19.4. The van der Waals surface area contributed by atoms with Crippen LogP contribution >= 0.6 is 0 Å². The highest BCUT2D eigenvalue weighted by molar-refractivity contribution is 5.75. The van der Waals surface area contributed by atoms with Crippen molar-refractivity contribution in [3.05, 3.63) is 18.0 Å². The molecule has 5 nitrogen and oxygen atoms in total. The van der Waals surface area contributed by atoms with Crippen LogP contribution in [0.25, 0.3) is 0 Å². The average molecular weight is 303 g/mol. The molecule has 1 aromatic heterocycles. The maximum atomic E-state index is 12.7. The fraction of sp³-hybridized carbons (Fsp3) is 0.615. The molecule has 1 aliphatic rings. The van der Waals surface area contributed by atoms with Gasteiger partial charge < -0.3 is 10.0 Å². The highest BCUT2D eigenvalue weighted by Crippen LogP contribution is 2.35. The molecule has 0 amide bonds. The van der Waals surface area contributed by atoms with E-state index in [-0.39, 0.29) is 12.5 Å². The van der Waals surface area contributed by atoms with Crippen molar-refractivity contribution >= 4 is 11.9 Å². The molecular weight excluding hydrogens is 287 g/mol. The van der Waals surface area contributed by atoms with Crippen molar-refractivity contribution in [1.82, 2.24) is 9.97 Å². The van der Waals surface area contributed by atoms with Gasteiger partial charge in [0.15, 0.2) is 0 Å². The van der Waals surface area contributed by atoms with Crippen molar-refractivity contribution in [2.45, 2.75) is 32.4 Å². The third-order valence-electron chi connectivity index (χ3n) is 3.92. The van der Waals surface area contributed by atoms with Crippen LogP contribution in [0, 0.1) is 5.41 Å². The predicted molar refractivity (Wildman–Crippen MR) is 68.8 cm³/mol. The molecule has 1 unspecified atom stereocenters. The Morgan fingerprint density at radius 2 is 2.24 bits per heavy atom. The third-order valence-corrected chi connectivity index (χ3v) is 3.92. The van der Waals surface area contributed by atoms with Crippen molar-refractivity contribution in [3.63, 3.8) is 0 Å². The molecule has 2 rings (SSSR count). The second-order valence-corrected chi connectivity index (χ2v) is 5.20. The summed E-state index contributed by atoms with van der Waals surface area (Å²) in [6.45, 7) is 2.35. The summed E-state index contributed by atoms with van der Waals surface area (Å²) in [6.07, 6.45) is -1.98. The number of alkyl halides is 3. The lowest BCUT2D eigenvalue weighted by Gasteiger charge is -2.39. The van der Waals surface area contributed by atoms with Crippen LogP contribution in [0.2, 0.25) is 0 Å². The first kappa shape index (κ1) is 15.5. The topological polar surface area (TPSA) is 66.3 Å². The fourth-order valence-electron chi connectivity index (χ4n) is 2.58. The number of aliphatic carboxylic acids is 1. The minimum atomic E-state index is -4.54. The van der Waals surface area contributed by atoms with Gasteiger partial charge in [-0.1, -0.05) is 6.92 Å². The molecule has 2 heterocycles. The molecule has 116 valence electrons. The van der Waals surface area contributed by atoms with E-state index in [1.54, 1.807) is 6.92 Å². The summed E-state index contributed by atoms with van der Waals surface area (Å²) in [5, 5.41) is 9.39. The van der Waals surface area contributed by atoms with Gasteiger partial charge in [0.25, 0.3) is 0 Å². The molecule has 0 radical (unpaired) electrons. The summed E-state index contributed by atoms with van der Waals surface area (Å²) in [6, 6.07) is 0.803. The number of anilines is 1. The lowest BCUT2D eigenvalue weighted by atomic mass is 9.78. The molecule has 1 aliphatic heterocycles. The number of rotatable bonds is 3. The Labute approximate surface area is 119 Å². The summed E-state index contributed by atoms with van der Waals surface area (Å²) in [4.78, 5) is 20.4. The molecule has 0 spiro atoms. The highest BCUT2D eigenvalue weighted by Gasteiger charge is 2.42. The zero-order valence-corrected chi connectivity index (χ0v) is 11.5. The largest absolute Gasteiger partial charge is 0.481 e.